The zero-order valence-electron chi connectivity index (χ0n) is 15.3. The maximum absolute atomic E-state index is 13.6. The number of rotatable bonds is 6. The van der Waals surface area contributed by atoms with E-state index in [1.165, 1.54) is 12.1 Å². The lowest BCUT2D eigenvalue weighted by Gasteiger charge is -2.41. The smallest absolute Gasteiger partial charge is 0.245 e. The van der Waals surface area contributed by atoms with Gasteiger partial charge in [0, 0.05) is 37.6 Å². The van der Waals surface area contributed by atoms with Crippen molar-refractivity contribution in [1.29, 1.82) is 0 Å². The molecule has 0 radical (unpaired) electrons. The molecular formula is C21H25FN4O. The van der Waals surface area contributed by atoms with Crippen molar-refractivity contribution in [2.24, 2.45) is 0 Å². The van der Waals surface area contributed by atoms with Crippen LogP contribution in [-0.4, -0.2) is 40.5 Å². The Labute approximate surface area is 159 Å². The molecule has 5 nitrogen and oxygen atoms in total. The van der Waals surface area contributed by atoms with Crippen molar-refractivity contribution in [2.75, 3.05) is 18.4 Å². The summed E-state index contributed by atoms with van der Waals surface area (Å²) in [7, 11) is 0. The van der Waals surface area contributed by atoms with Crippen molar-refractivity contribution in [3.8, 4) is 0 Å². The molecule has 1 aliphatic carbocycles. The Morgan fingerprint density at radius 3 is 2.67 bits per heavy atom. The average molecular weight is 368 g/mol. The molecule has 2 N–H and O–H groups in total. The van der Waals surface area contributed by atoms with Crippen LogP contribution < -0.4 is 10.6 Å². The van der Waals surface area contributed by atoms with E-state index in [4.69, 9.17) is 0 Å². The summed E-state index contributed by atoms with van der Waals surface area (Å²) in [6, 6.07) is 12.6. The van der Waals surface area contributed by atoms with Crippen LogP contribution >= 0.6 is 0 Å². The summed E-state index contributed by atoms with van der Waals surface area (Å²) < 4.78 is 13.6. The fourth-order valence-electron chi connectivity index (χ4n) is 3.62. The molecule has 1 saturated carbocycles. The fraction of sp³-hybridized carbons (Fsp3) is 0.429. The Kier molecular flexibility index (Phi) is 5.07. The van der Waals surface area contributed by atoms with Crippen molar-refractivity contribution < 1.29 is 9.18 Å². The highest BCUT2D eigenvalue weighted by Gasteiger charge is 2.43. The Hall–Kier alpha value is -2.47. The molecule has 1 aliphatic heterocycles. The van der Waals surface area contributed by atoms with Gasteiger partial charge in [-0.3, -0.25) is 14.7 Å². The van der Waals surface area contributed by atoms with Gasteiger partial charge in [-0.25, -0.2) is 4.39 Å². The van der Waals surface area contributed by atoms with E-state index in [1.54, 1.807) is 12.3 Å². The zero-order valence-corrected chi connectivity index (χ0v) is 15.3. The highest BCUT2D eigenvalue weighted by atomic mass is 19.1. The number of hydrogen-bond acceptors (Lipinski definition) is 4. The predicted molar refractivity (Wildman–Crippen MR) is 103 cm³/mol. The molecule has 27 heavy (non-hydrogen) atoms. The van der Waals surface area contributed by atoms with Gasteiger partial charge in [0.1, 0.15) is 11.4 Å². The van der Waals surface area contributed by atoms with Gasteiger partial charge in [0.15, 0.2) is 0 Å². The number of piperidine rings is 1. The van der Waals surface area contributed by atoms with Crippen molar-refractivity contribution in [3.05, 3.63) is 60.2 Å². The van der Waals surface area contributed by atoms with Gasteiger partial charge in [-0.2, -0.15) is 0 Å². The summed E-state index contributed by atoms with van der Waals surface area (Å²) in [5.74, 6) is -0.267. The molecule has 142 valence electrons. The van der Waals surface area contributed by atoms with Crippen LogP contribution in [-0.2, 0) is 11.3 Å². The first-order chi connectivity index (χ1) is 13.1. The number of benzene rings is 1. The van der Waals surface area contributed by atoms with E-state index < -0.39 is 5.54 Å². The number of aromatic nitrogens is 1. The van der Waals surface area contributed by atoms with E-state index in [1.807, 2.05) is 24.3 Å². The molecule has 0 atom stereocenters. The van der Waals surface area contributed by atoms with E-state index in [0.29, 0.717) is 24.6 Å². The van der Waals surface area contributed by atoms with Crippen LogP contribution in [0, 0.1) is 5.82 Å². The van der Waals surface area contributed by atoms with Gasteiger partial charge in [-0.05, 0) is 56.0 Å². The van der Waals surface area contributed by atoms with Gasteiger partial charge in [0.2, 0.25) is 5.91 Å². The summed E-state index contributed by atoms with van der Waals surface area (Å²) in [6.07, 6.45) is 5.25. The first-order valence-electron chi connectivity index (χ1n) is 9.60. The fourth-order valence-corrected chi connectivity index (χ4v) is 3.62. The van der Waals surface area contributed by atoms with Gasteiger partial charge >= 0.3 is 0 Å². The topological polar surface area (TPSA) is 57.3 Å². The molecule has 4 rings (SSSR count). The first kappa shape index (κ1) is 17.9. The van der Waals surface area contributed by atoms with Gasteiger partial charge < -0.3 is 10.6 Å². The molecule has 0 spiro atoms. The number of amides is 1. The van der Waals surface area contributed by atoms with Crippen LogP contribution in [0.5, 0.6) is 0 Å². The van der Waals surface area contributed by atoms with E-state index in [9.17, 15) is 9.18 Å². The summed E-state index contributed by atoms with van der Waals surface area (Å²) in [6.45, 7) is 2.36. The van der Waals surface area contributed by atoms with Crippen LogP contribution in [0.4, 0.5) is 10.1 Å². The second-order valence-corrected chi connectivity index (χ2v) is 7.56. The summed E-state index contributed by atoms with van der Waals surface area (Å²) >= 11 is 0. The molecule has 6 heteroatoms. The van der Waals surface area contributed by atoms with Crippen molar-refractivity contribution >= 4 is 11.6 Å². The number of hydrogen-bond donors (Lipinski definition) is 2. The number of anilines is 1. The van der Waals surface area contributed by atoms with Crippen LogP contribution in [0.3, 0.4) is 0 Å². The highest BCUT2D eigenvalue weighted by Crippen LogP contribution is 2.30. The monoisotopic (exact) mass is 368 g/mol. The average Bonchev–Trinajstić information content (AvgIpc) is 3.48. The molecule has 0 bridgehead atoms. The lowest BCUT2D eigenvalue weighted by molar-refractivity contribution is -0.127. The van der Waals surface area contributed by atoms with Crippen LogP contribution in [0.25, 0.3) is 0 Å². The molecule has 1 amide bonds. The van der Waals surface area contributed by atoms with E-state index in [2.05, 4.69) is 20.5 Å². The lowest BCUT2D eigenvalue weighted by Crippen LogP contribution is -2.58. The Morgan fingerprint density at radius 1 is 1.19 bits per heavy atom. The molecule has 2 fully saturated rings. The predicted octanol–water partition coefficient (Wildman–Crippen LogP) is 2.95. The van der Waals surface area contributed by atoms with Crippen LogP contribution in [0.15, 0.2) is 48.7 Å². The standard InChI is InChI=1S/C21H25FN4O/c22-16-4-3-6-18(14-16)25-21(20(27)24-17-7-8-17)9-12-26(13-10-21)15-19-5-1-2-11-23-19/h1-6,11,14,17,25H,7-10,12-13,15H2,(H,24,27). The number of likely N-dealkylation sites (tertiary alicyclic amines) is 1. The van der Waals surface area contributed by atoms with E-state index in [-0.39, 0.29) is 11.7 Å². The van der Waals surface area contributed by atoms with Gasteiger partial charge in [-0.15, -0.1) is 0 Å². The normalized spacial score (nSPS) is 19.4. The van der Waals surface area contributed by atoms with Gasteiger partial charge in [0.05, 0.1) is 5.69 Å². The molecular weight excluding hydrogens is 343 g/mol. The number of halogens is 1. The maximum atomic E-state index is 13.6. The third kappa shape index (κ3) is 4.45. The summed E-state index contributed by atoms with van der Waals surface area (Å²) in [5.41, 5.74) is 0.987. The van der Waals surface area contributed by atoms with Crippen molar-refractivity contribution in [2.45, 2.75) is 43.8 Å². The number of carbonyl (C=O) groups is 1. The lowest BCUT2D eigenvalue weighted by atomic mass is 9.85. The molecule has 1 aromatic heterocycles. The molecule has 1 saturated heterocycles. The Balaban J connectivity index is 1.46. The third-order valence-electron chi connectivity index (χ3n) is 5.38. The number of pyridine rings is 1. The van der Waals surface area contributed by atoms with Gasteiger partial charge in [-0.1, -0.05) is 12.1 Å². The number of nitrogens with zero attached hydrogens (tertiary/aromatic N) is 2. The number of carbonyl (C=O) groups excluding carboxylic acids is 1. The Bertz CT molecular complexity index is 786. The minimum atomic E-state index is -0.697. The molecule has 0 unspecified atom stereocenters. The Morgan fingerprint density at radius 2 is 2.00 bits per heavy atom. The van der Waals surface area contributed by atoms with E-state index >= 15 is 0 Å². The first-order valence-corrected chi connectivity index (χ1v) is 9.60. The summed E-state index contributed by atoms with van der Waals surface area (Å²) in [4.78, 5) is 19.7. The molecule has 2 heterocycles. The molecule has 1 aromatic carbocycles. The van der Waals surface area contributed by atoms with Crippen LogP contribution in [0.2, 0.25) is 0 Å². The van der Waals surface area contributed by atoms with Crippen LogP contribution in [0.1, 0.15) is 31.4 Å². The molecule has 2 aliphatic rings. The maximum Gasteiger partial charge on any atom is 0.245 e. The summed E-state index contributed by atoms with van der Waals surface area (Å²) in [5, 5.41) is 6.50. The third-order valence-corrected chi connectivity index (χ3v) is 5.38. The van der Waals surface area contributed by atoms with Crippen molar-refractivity contribution in [1.82, 2.24) is 15.2 Å². The highest BCUT2D eigenvalue weighted by molar-refractivity contribution is 5.90. The minimum absolute atomic E-state index is 0.0340. The zero-order chi connectivity index (χ0) is 18.7. The molecule has 2 aromatic rings. The second kappa shape index (κ2) is 7.64. The minimum Gasteiger partial charge on any atom is -0.371 e. The van der Waals surface area contributed by atoms with Gasteiger partial charge in [0.25, 0.3) is 0 Å². The second-order valence-electron chi connectivity index (χ2n) is 7.56. The quantitative estimate of drug-likeness (QED) is 0.823. The van der Waals surface area contributed by atoms with Crippen molar-refractivity contribution in [3.63, 3.8) is 0 Å². The van der Waals surface area contributed by atoms with E-state index in [0.717, 1.165) is 38.2 Å². The SMILES string of the molecule is O=C(NC1CC1)C1(Nc2cccc(F)c2)CCN(Cc2ccccn2)CC1. The number of nitrogens with one attached hydrogen (secondary N) is 2. The largest absolute Gasteiger partial charge is 0.371 e.